The van der Waals surface area contributed by atoms with E-state index in [4.69, 9.17) is 11.6 Å². The number of rotatable bonds is 4. The van der Waals surface area contributed by atoms with Crippen LogP contribution >= 0.6 is 11.6 Å². The maximum absolute atomic E-state index is 11.2. The second-order valence-corrected chi connectivity index (χ2v) is 4.57. The van der Waals surface area contributed by atoms with Gasteiger partial charge in [0, 0.05) is 17.8 Å². The Kier molecular flexibility index (Phi) is 4.02. The molecule has 0 fully saturated rings. The maximum atomic E-state index is 11.2. The average molecular weight is 277 g/mol. The summed E-state index contributed by atoms with van der Waals surface area (Å²) in [7, 11) is 0. The summed E-state index contributed by atoms with van der Waals surface area (Å²) in [6, 6.07) is 9.02. The number of nitrogens with one attached hydrogen (secondary N) is 1. The molecule has 2 aromatic rings. The van der Waals surface area contributed by atoms with Crippen molar-refractivity contribution >= 4 is 23.4 Å². The number of carbonyl (C=O) groups is 1. The van der Waals surface area contributed by atoms with Gasteiger partial charge in [-0.3, -0.25) is 0 Å². The summed E-state index contributed by atoms with van der Waals surface area (Å²) >= 11 is 5.81. The second-order valence-electron chi connectivity index (χ2n) is 4.14. The summed E-state index contributed by atoms with van der Waals surface area (Å²) in [5.41, 5.74) is 1.89. The van der Waals surface area contributed by atoms with Crippen LogP contribution in [-0.4, -0.2) is 16.1 Å². The van der Waals surface area contributed by atoms with Crippen LogP contribution in [0.15, 0.2) is 36.5 Å². The Morgan fingerprint density at radius 2 is 2.00 bits per heavy atom. The van der Waals surface area contributed by atoms with Crippen LogP contribution in [0, 0.1) is 6.92 Å². The zero-order valence-electron chi connectivity index (χ0n) is 10.4. The molecular formula is C14H13ClN2O2. The first-order valence-electron chi connectivity index (χ1n) is 5.75. The predicted molar refractivity (Wildman–Crippen MR) is 74.7 cm³/mol. The van der Waals surface area contributed by atoms with Gasteiger partial charge in [-0.05, 0) is 36.2 Å². The van der Waals surface area contributed by atoms with E-state index in [2.05, 4.69) is 10.3 Å². The molecule has 1 aromatic carbocycles. The van der Waals surface area contributed by atoms with Gasteiger partial charge in [-0.15, -0.1) is 0 Å². The van der Waals surface area contributed by atoms with E-state index >= 15 is 0 Å². The van der Waals surface area contributed by atoms with Crippen molar-refractivity contribution in [3.8, 4) is 0 Å². The molecule has 2 rings (SSSR count). The van der Waals surface area contributed by atoms with E-state index in [0.29, 0.717) is 22.9 Å². The molecule has 1 heterocycles. The highest BCUT2D eigenvalue weighted by atomic mass is 35.5. The van der Waals surface area contributed by atoms with E-state index in [1.165, 1.54) is 0 Å². The monoisotopic (exact) mass is 276 g/mol. The number of aromatic nitrogens is 1. The minimum absolute atomic E-state index is 0.205. The van der Waals surface area contributed by atoms with Crippen LogP contribution < -0.4 is 5.32 Å². The van der Waals surface area contributed by atoms with Gasteiger partial charge < -0.3 is 10.4 Å². The van der Waals surface area contributed by atoms with Gasteiger partial charge in [-0.25, -0.2) is 9.78 Å². The van der Waals surface area contributed by atoms with E-state index < -0.39 is 5.97 Å². The molecule has 4 nitrogen and oxygen atoms in total. The SMILES string of the molecule is Cc1ccnc(NCc2ccc(Cl)cc2)c1C(=O)O. The Hall–Kier alpha value is -2.07. The zero-order valence-corrected chi connectivity index (χ0v) is 11.1. The molecule has 2 N–H and O–H groups in total. The average Bonchev–Trinajstić information content (AvgIpc) is 2.37. The molecule has 98 valence electrons. The largest absolute Gasteiger partial charge is 0.478 e. The minimum Gasteiger partial charge on any atom is -0.478 e. The number of carboxylic acids is 1. The quantitative estimate of drug-likeness (QED) is 0.899. The molecule has 0 aliphatic rings. The summed E-state index contributed by atoms with van der Waals surface area (Å²) in [5.74, 6) is -0.605. The van der Waals surface area contributed by atoms with Gasteiger partial charge in [0.1, 0.15) is 11.4 Å². The van der Waals surface area contributed by atoms with Gasteiger partial charge in [0.05, 0.1) is 0 Å². The van der Waals surface area contributed by atoms with Gasteiger partial charge in [0.15, 0.2) is 0 Å². The number of anilines is 1. The normalized spacial score (nSPS) is 10.2. The third-order valence-corrected chi connectivity index (χ3v) is 3.00. The lowest BCUT2D eigenvalue weighted by Crippen LogP contribution is -2.10. The Balaban J connectivity index is 2.18. The Morgan fingerprint density at radius 1 is 1.32 bits per heavy atom. The summed E-state index contributed by atoms with van der Waals surface area (Å²) in [6.07, 6.45) is 1.59. The van der Waals surface area contributed by atoms with E-state index in [1.807, 2.05) is 12.1 Å². The number of pyridine rings is 1. The third kappa shape index (κ3) is 3.23. The number of benzene rings is 1. The van der Waals surface area contributed by atoms with Crippen molar-refractivity contribution < 1.29 is 9.90 Å². The molecule has 0 amide bonds. The molecule has 1 aromatic heterocycles. The molecular weight excluding hydrogens is 264 g/mol. The van der Waals surface area contributed by atoms with Crippen LogP contribution in [0.5, 0.6) is 0 Å². The second kappa shape index (κ2) is 5.71. The highest BCUT2D eigenvalue weighted by Gasteiger charge is 2.13. The maximum Gasteiger partial charge on any atom is 0.339 e. The molecule has 0 saturated heterocycles. The van der Waals surface area contributed by atoms with Crippen LogP contribution in [-0.2, 0) is 6.54 Å². The molecule has 19 heavy (non-hydrogen) atoms. The lowest BCUT2D eigenvalue weighted by atomic mass is 10.1. The summed E-state index contributed by atoms with van der Waals surface area (Å²) in [5, 5.41) is 12.9. The van der Waals surface area contributed by atoms with Crippen LogP contribution in [0.4, 0.5) is 5.82 Å². The lowest BCUT2D eigenvalue weighted by molar-refractivity contribution is 0.0697. The molecule has 0 spiro atoms. The molecule has 5 heteroatoms. The fourth-order valence-electron chi connectivity index (χ4n) is 1.75. The standard InChI is InChI=1S/C14H13ClN2O2/c1-9-6-7-16-13(12(9)14(18)19)17-8-10-2-4-11(15)5-3-10/h2-7H,8H2,1H3,(H,16,17)(H,18,19). The Bertz CT molecular complexity index is 597. The summed E-state index contributed by atoms with van der Waals surface area (Å²) in [6.45, 7) is 2.24. The number of carboxylic acid groups (broad SMARTS) is 1. The number of hydrogen-bond donors (Lipinski definition) is 2. The van der Waals surface area contributed by atoms with Crippen LogP contribution in [0.25, 0.3) is 0 Å². The van der Waals surface area contributed by atoms with Crippen molar-refractivity contribution in [2.24, 2.45) is 0 Å². The molecule has 0 unspecified atom stereocenters. The van der Waals surface area contributed by atoms with Crippen molar-refractivity contribution in [3.63, 3.8) is 0 Å². The number of aromatic carboxylic acids is 1. The van der Waals surface area contributed by atoms with Crippen molar-refractivity contribution in [2.45, 2.75) is 13.5 Å². The van der Waals surface area contributed by atoms with E-state index in [9.17, 15) is 9.90 Å². The van der Waals surface area contributed by atoms with E-state index in [-0.39, 0.29) is 5.56 Å². The highest BCUT2D eigenvalue weighted by Crippen LogP contribution is 2.18. The summed E-state index contributed by atoms with van der Waals surface area (Å²) in [4.78, 5) is 15.3. The van der Waals surface area contributed by atoms with E-state index in [1.54, 1.807) is 31.3 Å². The fraction of sp³-hybridized carbons (Fsp3) is 0.143. The van der Waals surface area contributed by atoms with Crippen molar-refractivity contribution in [1.82, 2.24) is 4.98 Å². The van der Waals surface area contributed by atoms with Crippen molar-refractivity contribution in [1.29, 1.82) is 0 Å². The topological polar surface area (TPSA) is 62.2 Å². The number of hydrogen-bond acceptors (Lipinski definition) is 3. The van der Waals surface area contributed by atoms with Crippen LogP contribution in [0.2, 0.25) is 5.02 Å². The predicted octanol–water partition coefficient (Wildman–Crippen LogP) is 3.35. The lowest BCUT2D eigenvalue weighted by Gasteiger charge is -2.10. The van der Waals surface area contributed by atoms with Crippen molar-refractivity contribution in [2.75, 3.05) is 5.32 Å². The molecule has 0 aliphatic carbocycles. The first-order chi connectivity index (χ1) is 9.08. The summed E-state index contributed by atoms with van der Waals surface area (Å²) < 4.78 is 0. The van der Waals surface area contributed by atoms with Gasteiger partial charge in [-0.2, -0.15) is 0 Å². The highest BCUT2D eigenvalue weighted by molar-refractivity contribution is 6.30. The number of halogens is 1. The van der Waals surface area contributed by atoms with E-state index in [0.717, 1.165) is 5.56 Å². The van der Waals surface area contributed by atoms with Crippen molar-refractivity contribution in [3.05, 3.63) is 58.2 Å². The van der Waals surface area contributed by atoms with Gasteiger partial charge in [0.25, 0.3) is 0 Å². The Morgan fingerprint density at radius 3 is 2.63 bits per heavy atom. The minimum atomic E-state index is -0.982. The zero-order chi connectivity index (χ0) is 13.8. The number of aryl methyl sites for hydroxylation is 1. The molecule has 0 atom stereocenters. The molecule has 0 bridgehead atoms. The molecule has 0 radical (unpaired) electrons. The fourth-order valence-corrected chi connectivity index (χ4v) is 1.88. The smallest absolute Gasteiger partial charge is 0.339 e. The van der Waals surface area contributed by atoms with Crippen LogP contribution in [0.1, 0.15) is 21.5 Å². The third-order valence-electron chi connectivity index (χ3n) is 2.75. The number of nitrogens with zero attached hydrogens (tertiary/aromatic N) is 1. The first-order valence-corrected chi connectivity index (χ1v) is 6.13. The van der Waals surface area contributed by atoms with Gasteiger partial charge in [0.2, 0.25) is 0 Å². The first kappa shape index (κ1) is 13.4. The van der Waals surface area contributed by atoms with Gasteiger partial charge >= 0.3 is 5.97 Å². The molecule has 0 saturated carbocycles. The van der Waals surface area contributed by atoms with Crippen LogP contribution in [0.3, 0.4) is 0 Å². The Labute approximate surface area is 116 Å². The van der Waals surface area contributed by atoms with Gasteiger partial charge in [-0.1, -0.05) is 23.7 Å². The molecule has 0 aliphatic heterocycles.